The van der Waals surface area contributed by atoms with Gasteiger partial charge in [-0.2, -0.15) is 0 Å². The first-order valence-corrected chi connectivity index (χ1v) is 3.21. The molecule has 2 rings (SSSR count). The number of rotatable bonds is 1. The second-order valence-corrected chi connectivity index (χ2v) is 2.80. The lowest BCUT2D eigenvalue weighted by atomic mass is 9.88. The van der Waals surface area contributed by atoms with Gasteiger partial charge in [0, 0.05) is 6.42 Å². The third-order valence-corrected chi connectivity index (χ3v) is 1.95. The zero-order chi connectivity index (χ0) is 6.32. The minimum Gasteiger partial charge on any atom is -0.394 e. The zero-order valence-corrected chi connectivity index (χ0v) is 5.17. The van der Waals surface area contributed by atoms with Crippen molar-refractivity contribution in [2.45, 2.75) is 18.1 Å². The fourth-order valence-electron chi connectivity index (χ4n) is 1.38. The summed E-state index contributed by atoms with van der Waals surface area (Å²) in [6.07, 6.45) is 1.07. The highest BCUT2D eigenvalue weighted by atomic mass is 16.6. The van der Waals surface area contributed by atoms with E-state index in [1.54, 1.807) is 0 Å². The lowest BCUT2D eigenvalue weighted by Gasteiger charge is -2.52. The molecule has 2 heterocycles. The van der Waals surface area contributed by atoms with E-state index in [2.05, 4.69) is 0 Å². The molecular weight excluding hydrogens is 120 g/mol. The van der Waals surface area contributed by atoms with E-state index in [1.165, 1.54) is 0 Å². The molecule has 0 saturated carbocycles. The molecule has 0 aromatic heterocycles. The van der Waals surface area contributed by atoms with E-state index in [0.717, 1.165) is 19.6 Å². The Morgan fingerprint density at radius 3 is 2.56 bits per heavy atom. The average Bonchev–Trinajstić information content (AvgIpc) is 1.59. The maximum atomic E-state index is 8.57. The van der Waals surface area contributed by atoms with Gasteiger partial charge in [0.05, 0.1) is 25.9 Å². The van der Waals surface area contributed by atoms with Crippen molar-refractivity contribution in [2.24, 2.45) is 0 Å². The number of aliphatic hydroxyl groups excluding tert-OH is 1. The zero-order valence-electron chi connectivity index (χ0n) is 5.17. The molecule has 2 aliphatic rings. The predicted octanol–water partition coefficient (Wildman–Crippen LogP) is -0.463. The van der Waals surface area contributed by atoms with Gasteiger partial charge in [0.2, 0.25) is 0 Å². The standard InChI is InChI=1S/C6H10O3/c7-2-5-1-6(9-5)3-8-4-6/h5,7H,1-4H2. The average molecular weight is 130 g/mol. The van der Waals surface area contributed by atoms with Gasteiger partial charge in [0.25, 0.3) is 0 Å². The molecular formula is C6H10O3. The van der Waals surface area contributed by atoms with Crippen LogP contribution in [0.25, 0.3) is 0 Å². The van der Waals surface area contributed by atoms with Crippen molar-refractivity contribution in [3.05, 3.63) is 0 Å². The van der Waals surface area contributed by atoms with Crippen LogP contribution >= 0.6 is 0 Å². The second-order valence-electron chi connectivity index (χ2n) is 2.80. The molecule has 0 aliphatic carbocycles. The highest BCUT2D eigenvalue weighted by Gasteiger charge is 2.50. The van der Waals surface area contributed by atoms with Gasteiger partial charge in [-0.1, -0.05) is 0 Å². The summed E-state index contributed by atoms with van der Waals surface area (Å²) in [5, 5.41) is 8.57. The third kappa shape index (κ3) is 0.689. The Morgan fingerprint density at radius 2 is 2.22 bits per heavy atom. The summed E-state index contributed by atoms with van der Waals surface area (Å²) in [6.45, 7) is 1.61. The van der Waals surface area contributed by atoms with E-state index >= 15 is 0 Å². The summed E-state index contributed by atoms with van der Waals surface area (Å²) in [6, 6.07) is 0. The molecule has 2 aliphatic heterocycles. The maximum Gasteiger partial charge on any atom is 0.118 e. The van der Waals surface area contributed by atoms with Crippen molar-refractivity contribution < 1.29 is 14.6 Å². The van der Waals surface area contributed by atoms with Crippen LogP contribution in [0.2, 0.25) is 0 Å². The molecule has 9 heavy (non-hydrogen) atoms. The molecule has 52 valence electrons. The first-order chi connectivity index (χ1) is 4.35. The normalized spacial score (nSPS) is 37.7. The summed E-state index contributed by atoms with van der Waals surface area (Å²) < 4.78 is 10.3. The molecule has 0 bridgehead atoms. The Balaban J connectivity index is 1.82. The lowest BCUT2D eigenvalue weighted by Crippen LogP contribution is -2.64. The molecule has 3 heteroatoms. The van der Waals surface area contributed by atoms with Crippen LogP contribution in [0.1, 0.15) is 6.42 Å². The van der Waals surface area contributed by atoms with Crippen LogP contribution in [0.5, 0.6) is 0 Å². The van der Waals surface area contributed by atoms with Gasteiger partial charge in [-0.15, -0.1) is 0 Å². The van der Waals surface area contributed by atoms with Gasteiger partial charge >= 0.3 is 0 Å². The Morgan fingerprint density at radius 1 is 1.56 bits per heavy atom. The molecule has 0 amide bonds. The SMILES string of the molecule is OCC1CC2(COC2)O1. The minimum atomic E-state index is 0.0351. The van der Waals surface area contributed by atoms with Gasteiger partial charge in [-0.25, -0.2) is 0 Å². The molecule has 1 spiro atoms. The summed E-state index contributed by atoms with van der Waals surface area (Å²) >= 11 is 0. The van der Waals surface area contributed by atoms with Crippen LogP contribution < -0.4 is 0 Å². The Bertz CT molecular complexity index is 111. The maximum absolute atomic E-state index is 8.57. The Hall–Kier alpha value is -0.120. The van der Waals surface area contributed by atoms with E-state index in [4.69, 9.17) is 14.6 Å². The van der Waals surface area contributed by atoms with Crippen LogP contribution in [0.3, 0.4) is 0 Å². The molecule has 1 N–H and O–H groups in total. The summed E-state index contributed by atoms with van der Waals surface area (Å²) in [5.41, 5.74) is 0.0351. The van der Waals surface area contributed by atoms with Gasteiger partial charge in [0.15, 0.2) is 0 Å². The first kappa shape index (κ1) is 5.65. The molecule has 1 unspecified atom stereocenters. The van der Waals surface area contributed by atoms with Gasteiger partial charge in [-0.05, 0) is 0 Å². The third-order valence-electron chi connectivity index (χ3n) is 1.95. The van der Waals surface area contributed by atoms with Crippen molar-refractivity contribution in [2.75, 3.05) is 19.8 Å². The Labute approximate surface area is 53.6 Å². The van der Waals surface area contributed by atoms with Crippen LogP contribution in [0.4, 0.5) is 0 Å². The molecule has 3 nitrogen and oxygen atoms in total. The van der Waals surface area contributed by atoms with E-state index < -0.39 is 0 Å². The van der Waals surface area contributed by atoms with E-state index in [0.29, 0.717) is 0 Å². The molecule has 1 atom stereocenters. The topological polar surface area (TPSA) is 38.7 Å². The van der Waals surface area contributed by atoms with E-state index in [9.17, 15) is 0 Å². The lowest BCUT2D eigenvalue weighted by molar-refractivity contribution is -0.313. The van der Waals surface area contributed by atoms with Crippen LogP contribution in [0, 0.1) is 0 Å². The number of aliphatic hydroxyl groups is 1. The van der Waals surface area contributed by atoms with Crippen LogP contribution in [-0.4, -0.2) is 36.6 Å². The smallest absolute Gasteiger partial charge is 0.118 e. The van der Waals surface area contributed by atoms with Crippen molar-refractivity contribution in [3.63, 3.8) is 0 Å². The highest BCUT2D eigenvalue weighted by molar-refractivity contribution is 4.98. The summed E-state index contributed by atoms with van der Waals surface area (Å²) in [4.78, 5) is 0. The van der Waals surface area contributed by atoms with Crippen molar-refractivity contribution in [3.8, 4) is 0 Å². The van der Waals surface area contributed by atoms with E-state index in [1.807, 2.05) is 0 Å². The summed E-state index contributed by atoms with van der Waals surface area (Å²) in [5.74, 6) is 0. The monoisotopic (exact) mass is 130 g/mol. The highest BCUT2D eigenvalue weighted by Crippen LogP contribution is 2.38. The van der Waals surface area contributed by atoms with Crippen molar-refractivity contribution in [1.29, 1.82) is 0 Å². The molecule has 0 radical (unpaired) electrons. The number of hydrogen-bond donors (Lipinski definition) is 1. The minimum absolute atomic E-state index is 0.0351. The van der Waals surface area contributed by atoms with E-state index in [-0.39, 0.29) is 18.3 Å². The summed E-state index contributed by atoms with van der Waals surface area (Å²) in [7, 11) is 0. The van der Waals surface area contributed by atoms with Crippen LogP contribution in [-0.2, 0) is 9.47 Å². The van der Waals surface area contributed by atoms with Crippen molar-refractivity contribution in [1.82, 2.24) is 0 Å². The van der Waals surface area contributed by atoms with Gasteiger partial charge in [0.1, 0.15) is 5.60 Å². The van der Waals surface area contributed by atoms with Crippen molar-refractivity contribution >= 4 is 0 Å². The predicted molar refractivity (Wildman–Crippen MR) is 30.1 cm³/mol. The fraction of sp³-hybridized carbons (Fsp3) is 1.00. The quantitative estimate of drug-likeness (QED) is 0.522. The fourth-order valence-corrected chi connectivity index (χ4v) is 1.38. The molecule has 0 aromatic carbocycles. The largest absolute Gasteiger partial charge is 0.394 e. The van der Waals surface area contributed by atoms with Crippen LogP contribution in [0.15, 0.2) is 0 Å². The molecule has 0 aromatic rings. The Kier molecular flexibility index (Phi) is 1.06. The molecule has 2 saturated heterocycles. The second kappa shape index (κ2) is 1.68. The number of ether oxygens (including phenoxy) is 2. The van der Waals surface area contributed by atoms with Gasteiger partial charge < -0.3 is 14.6 Å². The number of hydrogen-bond acceptors (Lipinski definition) is 3. The first-order valence-electron chi connectivity index (χ1n) is 3.21. The molecule has 2 fully saturated rings. The van der Waals surface area contributed by atoms with Gasteiger partial charge in [-0.3, -0.25) is 0 Å².